The van der Waals surface area contributed by atoms with Gasteiger partial charge in [-0.3, -0.25) is 0 Å². The fraction of sp³-hybridized carbons (Fsp3) is 0.222. The minimum absolute atomic E-state index is 0.129. The second kappa shape index (κ2) is 5.41. The Morgan fingerprint density at radius 3 is 1.80 bits per heavy atom. The summed E-state index contributed by atoms with van der Waals surface area (Å²) in [5.41, 5.74) is 3.27. The van der Waals surface area contributed by atoms with Gasteiger partial charge in [-0.15, -0.1) is 0 Å². The molecule has 0 saturated carbocycles. The van der Waals surface area contributed by atoms with Crippen LogP contribution < -0.4 is 0 Å². The summed E-state index contributed by atoms with van der Waals surface area (Å²) in [6.45, 7) is 6.35. The summed E-state index contributed by atoms with van der Waals surface area (Å²) in [5, 5.41) is 18.7. The van der Waals surface area contributed by atoms with Crippen LogP contribution in [0.1, 0.15) is 31.9 Å². The lowest BCUT2D eigenvalue weighted by Gasteiger charge is -2.22. The van der Waals surface area contributed by atoms with E-state index in [1.807, 2.05) is 24.3 Å². The highest BCUT2D eigenvalue weighted by atomic mass is 16.3. The molecule has 20 heavy (non-hydrogen) atoms. The van der Waals surface area contributed by atoms with Crippen molar-refractivity contribution in [1.29, 1.82) is 0 Å². The van der Waals surface area contributed by atoms with E-state index in [2.05, 4.69) is 26.8 Å². The van der Waals surface area contributed by atoms with E-state index in [4.69, 9.17) is 0 Å². The molecule has 0 heterocycles. The molecule has 2 aromatic rings. The van der Waals surface area contributed by atoms with Gasteiger partial charge in [0.15, 0.2) is 0 Å². The van der Waals surface area contributed by atoms with E-state index in [0.717, 1.165) is 16.7 Å². The van der Waals surface area contributed by atoms with Gasteiger partial charge in [0, 0.05) is 5.41 Å². The fourth-order valence-corrected chi connectivity index (χ4v) is 2.32. The Morgan fingerprint density at radius 1 is 0.850 bits per heavy atom. The first-order valence-corrected chi connectivity index (χ1v) is 6.67. The van der Waals surface area contributed by atoms with Crippen molar-refractivity contribution >= 4 is 5.57 Å². The molecular weight excluding hydrogens is 248 g/mol. The zero-order chi connectivity index (χ0) is 14.8. The molecule has 0 spiro atoms. The topological polar surface area (TPSA) is 40.5 Å². The number of phenolic OH excluding ortho intramolecular Hbond substituents is 2. The first kappa shape index (κ1) is 14.2. The van der Waals surface area contributed by atoms with Crippen LogP contribution in [-0.2, 0) is 5.41 Å². The van der Waals surface area contributed by atoms with Gasteiger partial charge in [-0.1, -0.05) is 44.2 Å². The molecule has 0 bridgehead atoms. The van der Waals surface area contributed by atoms with Crippen LogP contribution in [0.3, 0.4) is 0 Å². The van der Waals surface area contributed by atoms with Crippen molar-refractivity contribution < 1.29 is 10.2 Å². The molecular formula is C18H20O2. The van der Waals surface area contributed by atoms with Crippen LogP contribution in [-0.4, -0.2) is 10.2 Å². The minimum atomic E-state index is -0.129. The Kier molecular flexibility index (Phi) is 3.84. The standard InChI is InChI=1S/C18H20O2/c1-13(14-4-8-16(19)9-5-14)12-18(2,3)15-6-10-17(20)11-7-15/h4-12,19-20H,1-3H3/b13-12+. The van der Waals surface area contributed by atoms with E-state index in [1.165, 1.54) is 0 Å². The predicted molar refractivity (Wildman–Crippen MR) is 82.9 cm³/mol. The molecule has 0 aliphatic heterocycles. The quantitative estimate of drug-likeness (QED) is 0.861. The van der Waals surface area contributed by atoms with Gasteiger partial charge in [-0.05, 0) is 47.9 Å². The van der Waals surface area contributed by atoms with Crippen molar-refractivity contribution in [3.05, 3.63) is 65.7 Å². The molecule has 0 aliphatic carbocycles. The van der Waals surface area contributed by atoms with Crippen LogP contribution in [0.5, 0.6) is 11.5 Å². The summed E-state index contributed by atoms with van der Waals surface area (Å²) in [5.74, 6) is 0.558. The Morgan fingerprint density at radius 2 is 1.30 bits per heavy atom. The summed E-state index contributed by atoms with van der Waals surface area (Å²) >= 11 is 0. The van der Waals surface area contributed by atoms with Crippen LogP contribution in [0.4, 0.5) is 0 Å². The number of rotatable bonds is 3. The van der Waals surface area contributed by atoms with Gasteiger partial charge in [0.2, 0.25) is 0 Å². The molecule has 2 nitrogen and oxygen atoms in total. The largest absolute Gasteiger partial charge is 0.508 e. The van der Waals surface area contributed by atoms with Crippen LogP contribution in [0.2, 0.25) is 0 Å². The molecule has 104 valence electrons. The number of hydrogen-bond acceptors (Lipinski definition) is 2. The summed E-state index contributed by atoms with van der Waals surface area (Å²) in [7, 11) is 0. The number of aromatic hydroxyl groups is 2. The molecule has 2 heteroatoms. The van der Waals surface area contributed by atoms with Crippen molar-refractivity contribution in [3.8, 4) is 11.5 Å². The highest BCUT2D eigenvalue weighted by Gasteiger charge is 2.18. The van der Waals surface area contributed by atoms with Crippen molar-refractivity contribution in [1.82, 2.24) is 0 Å². The number of benzene rings is 2. The van der Waals surface area contributed by atoms with Gasteiger partial charge in [0.25, 0.3) is 0 Å². The predicted octanol–water partition coefficient (Wildman–Crippen LogP) is 4.48. The molecule has 0 atom stereocenters. The van der Waals surface area contributed by atoms with Gasteiger partial charge in [0.1, 0.15) is 11.5 Å². The average Bonchev–Trinajstić information content (AvgIpc) is 2.39. The molecule has 0 radical (unpaired) electrons. The monoisotopic (exact) mass is 268 g/mol. The highest BCUT2D eigenvalue weighted by Crippen LogP contribution is 2.30. The molecule has 2 N–H and O–H groups in total. The van der Waals surface area contributed by atoms with E-state index >= 15 is 0 Å². The van der Waals surface area contributed by atoms with Crippen molar-refractivity contribution in [2.75, 3.05) is 0 Å². The number of phenols is 2. The summed E-state index contributed by atoms with van der Waals surface area (Å²) in [6, 6.07) is 14.5. The number of hydrogen-bond donors (Lipinski definition) is 2. The maximum absolute atomic E-state index is 9.37. The maximum Gasteiger partial charge on any atom is 0.115 e. The summed E-state index contributed by atoms with van der Waals surface area (Å²) < 4.78 is 0. The third-order valence-electron chi connectivity index (χ3n) is 3.51. The highest BCUT2D eigenvalue weighted by molar-refractivity contribution is 5.66. The van der Waals surface area contributed by atoms with E-state index in [1.54, 1.807) is 24.3 Å². The van der Waals surface area contributed by atoms with Crippen LogP contribution >= 0.6 is 0 Å². The third kappa shape index (κ3) is 3.21. The lowest BCUT2D eigenvalue weighted by molar-refractivity contribution is 0.474. The molecule has 2 rings (SSSR count). The van der Waals surface area contributed by atoms with Crippen LogP contribution in [0.15, 0.2) is 54.6 Å². The van der Waals surface area contributed by atoms with Crippen molar-refractivity contribution in [2.24, 2.45) is 0 Å². The Bertz CT molecular complexity index is 605. The van der Waals surface area contributed by atoms with Gasteiger partial charge in [0.05, 0.1) is 0 Å². The smallest absolute Gasteiger partial charge is 0.115 e. The van der Waals surface area contributed by atoms with E-state index in [-0.39, 0.29) is 16.9 Å². The molecule has 2 aromatic carbocycles. The van der Waals surface area contributed by atoms with E-state index in [9.17, 15) is 10.2 Å². The average molecular weight is 268 g/mol. The van der Waals surface area contributed by atoms with Gasteiger partial charge < -0.3 is 10.2 Å². The zero-order valence-electron chi connectivity index (χ0n) is 12.1. The van der Waals surface area contributed by atoms with Gasteiger partial charge in [-0.25, -0.2) is 0 Å². The SMILES string of the molecule is C/C(=C\C(C)(C)c1ccc(O)cc1)c1ccc(O)cc1. The second-order valence-corrected chi connectivity index (χ2v) is 5.64. The molecule has 0 saturated heterocycles. The van der Waals surface area contributed by atoms with Gasteiger partial charge >= 0.3 is 0 Å². The Labute approximate surface area is 120 Å². The lowest BCUT2D eigenvalue weighted by Crippen LogP contribution is -2.13. The first-order valence-electron chi connectivity index (χ1n) is 6.67. The first-order chi connectivity index (χ1) is 9.38. The fourth-order valence-electron chi connectivity index (χ4n) is 2.32. The molecule has 0 unspecified atom stereocenters. The maximum atomic E-state index is 9.37. The summed E-state index contributed by atoms with van der Waals surface area (Å²) in [6.07, 6.45) is 2.20. The lowest BCUT2D eigenvalue weighted by atomic mass is 9.82. The van der Waals surface area contributed by atoms with E-state index < -0.39 is 0 Å². The second-order valence-electron chi connectivity index (χ2n) is 5.64. The van der Waals surface area contributed by atoms with Crippen LogP contribution in [0.25, 0.3) is 5.57 Å². The van der Waals surface area contributed by atoms with Crippen molar-refractivity contribution in [2.45, 2.75) is 26.2 Å². The Balaban J connectivity index is 2.31. The Hall–Kier alpha value is -2.22. The molecule has 0 fully saturated rings. The third-order valence-corrected chi connectivity index (χ3v) is 3.51. The van der Waals surface area contributed by atoms with Crippen molar-refractivity contribution in [3.63, 3.8) is 0 Å². The molecule has 0 aromatic heterocycles. The zero-order valence-corrected chi connectivity index (χ0v) is 12.1. The summed E-state index contributed by atoms with van der Waals surface area (Å²) in [4.78, 5) is 0. The van der Waals surface area contributed by atoms with E-state index in [0.29, 0.717) is 0 Å². The molecule has 0 aliphatic rings. The molecule has 0 amide bonds. The van der Waals surface area contributed by atoms with Crippen LogP contribution in [0, 0.1) is 0 Å². The minimum Gasteiger partial charge on any atom is -0.508 e. The number of allylic oxidation sites excluding steroid dienone is 2. The van der Waals surface area contributed by atoms with Gasteiger partial charge in [-0.2, -0.15) is 0 Å². The normalized spacial score (nSPS) is 12.4.